The number of aromatic nitrogens is 2. The van der Waals surface area contributed by atoms with Gasteiger partial charge in [0.05, 0.1) is 7.11 Å². The molecule has 3 N–H and O–H groups in total. The van der Waals surface area contributed by atoms with E-state index in [1.165, 1.54) is 7.11 Å². The van der Waals surface area contributed by atoms with E-state index in [4.69, 9.17) is 0 Å². The molecule has 8 nitrogen and oxygen atoms in total. The molecule has 0 aliphatic heterocycles. The van der Waals surface area contributed by atoms with Crippen molar-refractivity contribution in [3.05, 3.63) is 18.0 Å². The molecule has 0 bridgehead atoms. The summed E-state index contributed by atoms with van der Waals surface area (Å²) in [6, 6.07) is -0.759. The molecule has 0 fully saturated rings. The van der Waals surface area contributed by atoms with Gasteiger partial charge in [0.2, 0.25) is 11.9 Å². The van der Waals surface area contributed by atoms with E-state index >= 15 is 0 Å². The number of nitrogens with zero attached hydrogens (tertiary/aromatic N) is 2. The third-order valence-electron chi connectivity index (χ3n) is 3.53. The molecule has 1 aromatic rings. The van der Waals surface area contributed by atoms with Crippen LogP contribution in [0.3, 0.4) is 0 Å². The van der Waals surface area contributed by atoms with Crippen molar-refractivity contribution in [3.63, 3.8) is 0 Å². The molecule has 0 aliphatic rings. The highest BCUT2D eigenvalue weighted by Crippen LogP contribution is 2.05. The zero-order chi connectivity index (χ0) is 18.1. The van der Waals surface area contributed by atoms with Crippen LogP contribution in [0.4, 0.5) is 10.7 Å². The van der Waals surface area contributed by atoms with Crippen molar-refractivity contribution in [1.29, 1.82) is 0 Å². The number of hydrogen-bond acceptors (Lipinski definition) is 6. The number of aryl methyl sites for hydroxylation is 1. The Kier molecular flexibility index (Phi) is 7.94. The Bertz CT molecular complexity index is 533. The normalized spacial score (nSPS) is 13.1. The maximum Gasteiger partial charge on any atom is 0.407 e. The van der Waals surface area contributed by atoms with Gasteiger partial charge < -0.3 is 20.7 Å². The lowest BCUT2D eigenvalue weighted by Gasteiger charge is -2.24. The molecule has 0 radical (unpaired) electrons. The Balaban J connectivity index is 2.59. The van der Waals surface area contributed by atoms with Gasteiger partial charge in [-0.3, -0.25) is 4.79 Å². The molecule has 1 rings (SSSR count). The summed E-state index contributed by atoms with van der Waals surface area (Å²) in [6.45, 7) is 8.10. The van der Waals surface area contributed by atoms with Crippen LogP contribution < -0.4 is 16.0 Å². The van der Waals surface area contributed by atoms with Crippen LogP contribution in [0.25, 0.3) is 0 Å². The van der Waals surface area contributed by atoms with Crippen LogP contribution in [0, 0.1) is 12.8 Å². The van der Waals surface area contributed by atoms with Crippen LogP contribution in [0.5, 0.6) is 0 Å². The van der Waals surface area contributed by atoms with Gasteiger partial charge in [-0.25, -0.2) is 14.8 Å². The predicted octanol–water partition coefficient (Wildman–Crippen LogP) is 1.47. The second kappa shape index (κ2) is 9.69. The highest BCUT2D eigenvalue weighted by atomic mass is 16.5. The fourth-order valence-electron chi connectivity index (χ4n) is 2.01. The summed E-state index contributed by atoms with van der Waals surface area (Å²) in [6.07, 6.45) is 3.56. The maximum absolute atomic E-state index is 12.4. The lowest BCUT2D eigenvalue weighted by atomic mass is 10.0. The molecule has 0 saturated carbocycles. The number of amides is 2. The predicted molar refractivity (Wildman–Crippen MR) is 91.6 cm³/mol. The van der Waals surface area contributed by atoms with Gasteiger partial charge in [-0.05, 0) is 24.8 Å². The summed E-state index contributed by atoms with van der Waals surface area (Å²) in [4.78, 5) is 32.1. The molecule has 134 valence electrons. The number of carbonyl (C=O) groups excluding carboxylic acids is 2. The first-order chi connectivity index (χ1) is 11.4. The number of ether oxygens (including phenoxy) is 1. The Morgan fingerprint density at radius 2 is 1.83 bits per heavy atom. The van der Waals surface area contributed by atoms with Gasteiger partial charge in [0, 0.05) is 25.0 Å². The molecule has 2 amide bonds. The zero-order valence-corrected chi connectivity index (χ0v) is 14.9. The number of hydrogen-bond donors (Lipinski definition) is 3. The summed E-state index contributed by atoms with van der Waals surface area (Å²) in [5.74, 6) is 0.213. The molecule has 0 saturated heterocycles. The summed E-state index contributed by atoms with van der Waals surface area (Å²) >= 11 is 0. The van der Waals surface area contributed by atoms with Gasteiger partial charge in [0.1, 0.15) is 6.04 Å². The summed E-state index contributed by atoms with van der Waals surface area (Å²) in [7, 11) is 1.27. The van der Waals surface area contributed by atoms with Crippen molar-refractivity contribution in [3.8, 4) is 0 Å². The SMILES string of the molecule is CCC(CNc1ncc(C)cn1)NC(=O)[C@@H](NC(=O)OC)C(C)C. The zero-order valence-electron chi connectivity index (χ0n) is 14.9. The molecular formula is C16H27N5O3. The molecule has 1 aromatic heterocycles. The van der Waals surface area contributed by atoms with Gasteiger partial charge in [0.15, 0.2) is 0 Å². The van der Waals surface area contributed by atoms with Crippen LogP contribution in [0.1, 0.15) is 32.8 Å². The maximum atomic E-state index is 12.4. The average Bonchev–Trinajstić information content (AvgIpc) is 2.56. The molecule has 1 heterocycles. The van der Waals surface area contributed by atoms with E-state index in [2.05, 4.69) is 30.7 Å². The standard InChI is InChI=1S/C16H27N5O3/c1-6-12(9-19-15-17-7-11(4)8-18-15)20-14(22)13(10(2)3)21-16(23)24-5/h7-8,10,12-13H,6,9H2,1-5H3,(H,20,22)(H,21,23)(H,17,18,19)/t12?,13-/m0/s1. The Morgan fingerprint density at radius 1 is 1.21 bits per heavy atom. The number of nitrogens with one attached hydrogen (secondary N) is 3. The Labute approximate surface area is 142 Å². The van der Waals surface area contributed by atoms with Crippen LogP contribution in [-0.4, -0.2) is 47.7 Å². The smallest absolute Gasteiger partial charge is 0.407 e. The molecule has 8 heteroatoms. The molecule has 0 aromatic carbocycles. The number of alkyl carbamates (subject to hydrolysis) is 1. The highest BCUT2D eigenvalue weighted by molar-refractivity contribution is 5.86. The fourth-order valence-corrected chi connectivity index (χ4v) is 2.01. The van der Waals surface area contributed by atoms with Crippen molar-refractivity contribution in [2.24, 2.45) is 5.92 Å². The summed E-state index contributed by atoms with van der Waals surface area (Å²) in [5, 5.41) is 8.59. The first kappa shape index (κ1) is 19.7. The lowest BCUT2D eigenvalue weighted by molar-refractivity contribution is -0.124. The lowest BCUT2D eigenvalue weighted by Crippen LogP contribution is -2.53. The van der Waals surface area contributed by atoms with Crippen molar-refractivity contribution in [1.82, 2.24) is 20.6 Å². The third-order valence-corrected chi connectivity index (χ3v) is 3.53. The van der Waals surface area contributed by atoms with Gasteiger partial charge in [0.25, 0.3) is 0 Å². The number of rotatable bonds is 8. The van der Waals surface area contributed by atoms with Crippen molar-refractivity contribution < 1.29 is 14.3 Å². The van der Waals surface area contributed by atoms with Gasteiger partial charge in [-0.15, -0.1) is 0 Å². The van der Waals surface area contributed by atoms with Crippen LogP contribution in [-0.2, 0) is 9.53 Å². The second-order valence-corrected chi connectivity index (χ2v) is 5.94. The largest absolute Gasteiger partial charge is 0.453 e. The highest BCUT2D eigenvalue weighted by Gasteiger charge is 2.26. The van der Waals surface area contributed by atoms with E-state index in [1.807, 2.05) is 27.7 Å². The monoisotopic (exact) mass is 337 g/mol. The van der Waals surface area contributed by atoms with Crippen LogP contribution >= 0.6 is 0 Å². The fraction of sp³-hybridized carbons (Fsp3) is 0.625. The first-order valence-electron chi connectivity index (χ1n) is 8.04. The summed E-state index contributed by atoms with van der Waals surface area (Å²) in [5.41, 5.74) is 0.981. The van der Waals surface area contributed by atoms with Gasteiger partial charge in [-0.1, -0.05) is 20.8 Å². The minimum absolute atomic E-state index is 0.0602. The van der Waals surface area contributed by atoms with E-state index in [-0.39, 0.29) is 17.9 Å². The van der Waals surface area contributed by atoms with Gasteiger partial charge >= 0.3 is 6.09 Å². The second-order valence-electron chi connectivity index (χ2n) is 5.94. The van der Waals surface area contributed by atoms with Crippen molar-refractivity contribution >= 4 is 17.9 Å². The molecular weight excluding hydrogens is 310 g/mol. The molecule has 24 heavy (non-hydrogen) atoms. The third kappa shape index (κ3) is 6.39. The topological polar surface area (TPSA) is 105 Å². The number of carbonyl (C=O) groups is 2. The molecule has 2 atom stereocenters. The minimum Gasteiger partial charge on any atom is -0.453 e. The van der Waals surface area contributed by atoms with Crippen LogP contribution in [0.2, 0.25) is 0 Å². The Hall–Kier alpha value is -2.38. The van der Waals surface area contributed by atoms with E-state index in [9.17, 15) is 9.59 Å². The molecule has 0 spiro atoms. The number of anilines is 1. The van der Waals surface area contributed by atoms with E-state index in [0.29, 0.717) is 12.5 Å². The average molecular weight is 337 g/mol. The van der Waals surface area contributed by atoms with Gasteiger partial charge in [-0.2, -0.15) is 0 Å². The Morgan fingerprint density at radius 3 is 2.33 bits per heavy atom. The van der Waals surface area contributed by atoms with Crippen molar-refractivity contribution in [2.45, 2.75) is 46.2 Å². The van der Waals surface area contributed by atoms with E-state index in [1.54, 1.807) is 12.4 Å². The summed E-state index contributed by atoms with van der Waals surface area (Å²) < 4.78 is 4.57. The first-order valence-corrected chi connectivity index (χ1v) is 8.04. The number of methoxy groups -OCH3 is 1. The van der Waals surface area contributed by atoms with Crippen molar-refractivity contribution in [2.75, 3.05) is 19.0 Å². The molecule has 0 aliphatic carbocycles. The van der Waals surface area contributed by atoms with E-state index in [0.717, 1.165) is 12.0 Å². The quantitative estimate of drug-likeness (QED) is 0.663. The van der Waals surface area contributed by atoms with Crippen LogP contribution in [0.15, 0.2) is 12.4 Å². The molecule has 1 unspecified atom stereocenters. The minimum atomic E-state index is -0.651. The van der Waals surface area contributed by atoms with E-state index < -0.39 is 12.1 Å².